The Bertz CT molecular complexity index is 642. The van der Waals surface area contributed by atoms with Crippen LogP contribution in [0.4, 0.5) is 0 Å². The summed E-state index contributed by atoms with van der Waals surface area (Å²) < 4.78 is 31.7. The Hall–Kier alpha value is -1.92. The van der Waals surface area contributed by atoms with Crippen LogP contribution in [-0.2, 0) is 16.6 Å². The number of pyridine rings is 1. The second kappa shape index (κ2) is 5.81. The van der Waals surface area contributed by atoms with Gasteiger partial charge in [-0.1, -0.05) is 18.2 Å². The summed E-state index contributed by atoms with van der Waals surface area (Å²) in [6.07, 6.45) is 2.84. The number of methoxy groups -OCH3 is 1. The zero-order valence-corrected chi connectivity index (χ0v) is 11.2. The van der Waals surface area contributed by atoms with Crippen molar-refractivity contribution in [2.75, 3.05) is 7.11 Å². The maximum absolute atomic E-state index is 12.0. The van der Waals surface area contributed by atoms with E-state index in [0.717, 1.165) is 5.56 Å². The average molecular weight is 278 g/mol. The molecule has 0 radical (unpaired) electrons. The number of para-hydroxylation sites is 1. The predicted molar refractivity (Wildman–Crippen MR) is 71.3 cm³/mol. The zero-order valence-electron chi connectivity index (χ0n) is 10.4. The first-order valence-electron chi connectivity index (χ1n) is 5.65. The molecule has 2 aromatic rings. The number of hydrogen-bond donors (Lipinski definition) is 1. The minimum Gasteiger partial charge on any atom is -0.496 e. The van der Waals surface area contributed by atoms with Gasteiger partial charge >= 0.3 is 0 Å². The van der Waals surface area contributed by atoms with Gasteiger partial charge in [-0.15, -0.1) is 0 Å². The molecule has 0 atom stereocenters. The lowest BCUT2D eigenvalue weighted by Crippen LogP contribution is -2.23. The van der Waals surface area contributed by atoms with Gasteiger partial charge in [-0.2, -0.15) is 0 Å². The fourth-order valence-corrected chi connectivity index (χ4v) is 2.58. The van der Waals surface area contributed by atoms with Gasteiger partial charge in [0.2, 0.25) is 10.0 Å². The second-order valence-electron chi connectivity index (χ2n) is 3.83. The molecule has 1 heterocycles. The lowest BCUT2D eigenvalue weighted by Gasteiger charge is -2.09. The van der Waals surface area contributed by atoms with Crippen LogP contribution in [0.3, 0.4) is 0 Å². The van der Waals surface area contributed by atoms with Crippen LogP contribution in [-0.4, -0.2) is 20.5 Å². The van der Waals surface area contributed by atoms with Gasteiger partial charge in [0, 0.05) is 24.5 Å². The molecular weight excluding hydrogens is 264 g/mol. The largest absolute Gasteiger partial charge is 0.496 e. The Balaban J connectivity index is 2.15. The first kappa shape index (κ1) is 13.5. The summed E-state index contributed by atoms with van der Waals surface area (Å²) in [7, 11) is -2.00. The van der Waals surface area contributed by atoms with E-state index in [1.54, 1.807) is 19.2 Å². The third-order valence-electron chi connectivity index (χ3n) is 2.59. The highest BCUT2D eigenvalue weighted by molar-refractivity contribution is 7.89. The Kier molecular flexibility index (Phi) is 4.13. The predicted octanol–water partition coefficient (Wildman–Crippen LogP) is 1.57. The minimum atomic E-state index is -3.55. The molecule has 1 aromatic carbocycles. The van der Waals surface area contributed by atoms with E-state index in [-0.39, 0.29) is 11.4 Å². The van der Waals surface area contributed by atoms with Crippen molar-refractivity contribution < 1.29 is 13.2 Å². The number of rotatable bonds is 5. The van der Waals surface area contributed by atoms with E-state index < -0.39 is 10.0 Å². The molecule has 0 aliphatic rings. The van der Waals surface area contributed by atoms with Gasteiger partial charge < -0.3 is 4.74 Å². The normalized spacial score (nSPS) is 11.2. The number of hydrogen-bond acceptors (Lipinski definition) is 4. The Morgan fingerprint density at radius 3 is 2.68 bits per heavy atom. The monoisotopic (exact) mass is 278 g/mol. The quantitative estimate of drug-likeness (QED) is 0.901. The maximum Gasteiger partial charge on any atom is 0.242 e. The van der Waals surface area contributed by atoms with Crippen LogP contribution < -0.4 is 9.46 Å². The molecule has 0 saturated carbocycles. The van der Waals surface area contributed by atoms with Gasteiger partial charge in [-0.25, -0.2) is 13.1 Å². The van der Waals surface area contributed by atoms with Gasteiger partial charge in [0.25, 0.3) is 0 Å². The summed E-state index contributed by atoms with van der Waals surface area (Å²) >= 11 is 0. The Morgan fingerprint density at radius 1 is 1.21 bits per heavy atom. The first-order chi connectivity index (χ1) is 9.13. The average Bonchev–Trinajstić information content (AvgIpc) is 2.46. The van der Waals surface area contributed by atoms with E-state index in [1.807, 2.05) is 18.2 Å². The summed E-state index contributed by atoms with van der Waals surface area (Å²) in [6.45, 7) is 0.168. The number of nitrogens with zero attached hydrogens (tertiary/aromatic N) is 1. The molecule has 0 aliphatic heterocycles. The molecule has 5 nitrogen and oxygen atoms in total. The lowest BCUT2D eigenvalue weighted by molar-refractivity contribution is 0.409. The van der Waals surface area contributed by atoms with Crippen LogP contribution >= 0.6 is 0 Å². The SMILES string of the molecule is COc1ccccc1CNS(=O)(=O)c1cccnc1. The molecule has 1 aromatic heterocycles. The molecular formula is C13H14N2O3S. The fourth-order valence-electron chi connectivity index (χ4n) is 1.61. The number of aromatic nitrogens is 1. The number of ether oxygens (including phenoxy) is 1. The molecule has 0 saturated heterocycles. The second-order valence-corrected chi connectivity index (χ2v) is 5.59. The molecule has 0 bridgehead atoms. The molecule has 0 unspecified atom stereocenters. The van der Waals surface area contributed by atoms with Crippen LogP contribution in [0, 0.1) is 0 Å². The van der Waals surface area contributed by atoms with E-state index in [2.05, 4.69) is 9.71 Å². The highest BCUT2D eigenvalue weighted by Crippen LogP contribution is 2.17. The van der Waals surface area contributed by atoms with Crippen molar-refractivity contribution in [3.8, 4) is 5.75 Å². The molecule has 100 valence electrons. The third-order valence-corrected chi connectivity index (χ3v) is 3.98. The highest BCUT2D eigenvalue weighted by atomic mass is 32.2. The zero-order chi connectivity index (χ0) is 13.7. The summed E-state index contributed by atoms with van der Waals surface area (Å²) in [6, 6.07) is 10.3. The topological polar surface area (TPSA) is 68.3 Å². The van der Waals surface area contributed by atoms with E-state index in [0.29, 0.717) is 5.75 Å². The van der Waals surface area contributed by atoms with Crippen LogP contribution in [0.1, 0.15) is 5.56 Å². The number of sulfonamides is 1. The Labute approximate surface area is 112 Å². The van der Waals surface area contributed by atoms with Gasteiger partial charge in [0.15, 0.2) is 0 Å². The molecule has 6 heteroatoms. The molecule has 0 amide bonds. The molecule has 0 spiro atoms. The standard InChI is InChI=1S/C13H14N2O3S/c1-18-13-7-3-2-5-11(13)9-15-19(16,17)12-6-4-8-14-10-12/h2-8,10,15H,9H2,1H3. The van der Waals surface area contributed by atoms with Crippen molar-refractivity contribution in [2.45, 2.75) is 11.4 Å². The van der Waals surface area contributed by atoms with E-state index in [9.17, 15) is 8.42 Å². The van der Waals surface area contributed by atoms with Crippen LogP contribution in [0.2, 0.25) is 0 Å². The summed E-state index contributed by atoms with van der Waals surface area (Å²) in [4.78, 5) is 3.94. The summed E-state index contributed by atoms with van der Waals surface area (Å²) in [5.41, 5.74) is 0.775. The molecule has 19 heavy (non-hydrogen) atoms. The maximum atomic E-state index is 12.0. The van der Waals surface area contributed by atoms with Crippen molar-refractivity contribution in [2.24, 2.45) is 0 Å². The van der Waals surface area contributed by atoms with Crippen molar-refractivity contribution in [1.29, 1.82) is 0 Å². The number of nitrogens with one attached hydrogen (secondary N) is 1. The molecule has 1 N–H and O–H groups in total. The fraction of sp³-hybridized carbons (Fsp3) is 0.154. The Morgan fingerprint density at radius 2 is 2.00 bits per heavy atom. The van der Waals surface area contributed by atoms with Crippen molar-refractivity contribution in [1.82, 2.24) is 9.71 Å². The highest BCUT2D eigenvalue weighted by Gasteiger charge is 2.14. The van der Waals surface area contributed by atoms with Gasteiger partial charge in [0.1, 0.15) is 10.6 Å². The first-order valence-corrected chi connectivity index (χ1v) is 7.13. The molecule has 2 rings (SSSR count). The van der Waals surface area contributed by atoms with E-state index in [4.69, 9.17) is 4.74 Å². The number of benzene rings is 1. The summed E-state index contributed by atoms with van der Waals surface area (Å²) in [5.74, 6) is 0.649. The van der Waals surface area contributed by atoms with Gasteiger partial charge in [0.05, 0.1) is 7.11 Å². The smallest absolute Gasteiger partial charge is 0.242 e. The summed E-state index contributed by atoms with van der Waals surface area (Å²) in [5, 5.41) is 0. The minimum absolute atomic E-state index is 0.143. The van der Waals surface area contributed by atoms with Crippen LogP contribution in [0.15, 0.2) is 53.7 Å². The van der Waals surface area contributed by atoms with Crippen molar-refractivity contribution in [3.05, 3.63) is 54.4 Å². The lowest BCUT2D eigenvalue weighted by atomic mass is 10.2. The third kappa shape index (κ3) is 3.30. The van der Waals surface area contributed by atoms with Gasteiger partial charge in [-0.3, -0.25) is 4.98 Å². The van der Waals surface area contributed by atoms with Gasteiger partial charge in [-0.05, 0) is 18.2 Å². The van der Waals surface area contributed by atoms with Crippen molar-refractivity contribution in [3.63, 3.8) is 0 Å². The molecule has 0 aliphatic carbocycles. The van der Waals surface area contributed by atoms with E-state index >= 15 is 0 Å². The molecule has 0 fully saturated rings. The van der Waals surface area contributed by atoms with E-state index in [1.165, 1.54) is 18.5 Å². The van der Waals surface area contributed by atoms with Crippen molar-refractivity contribution >= 4 is 10.0 Å². The van der Waals surface area contributed by atoms with Crippen LogP contribution in [0.5, 0.6) is 5.75 Å². The van der Waals surface area contributed by atoms with Crippen LogP contribution in [0.25, 0.3) is 0 Å².